The maximum absolute atomic E-state index is 11.7. The third-order valence-corrected chi connectivity index (χ3v) is 5.56. The van der Waals surface area contributed by atoms with Crippen molar-refractivity contribution in [1.82, 2.24) is 5.32 Å². The molecule has 0 radical (unpaired) electrons. The minimum Gasteiger partial charge on any atom is -0.311 e. The maximum Gasteiger partial charge on any atom is 0.151 e. The fourth-order valence-corrected chi connectivity index (χ4v) is 3.90. The lowest BCUT2D eigenvalue weighted by molar-refractivity contribution is 0.570. The number of sulfone groups is 1. The summed E-state index contributed by atoms with van der Waals surface area (Å²) in [5, 5.41) is 5.26. The van der Waals surface area contributed by atoms with Gasteiger partial charge in [0, 0.05) is 18.0 Å². The fraction of sp³-hybridized carbons (Fsp3) is 0.692. The second kappa shape index (κ2) is 7.26. The van der Waals surface area contributed by atoms with E-state index in [4.69, 9.17) is 0 Å². The summed E-state index contributed by atoms with van der Waals surface area (Å²) < 4.78 is 23.5. The molecule has 1 heterocycles. The Bertz CT molecular complexity index is 449. The molecule has 0 aliphatic heterocycles. The topological polar surface area (TPSA) is 46.2 Å². The SMILES string of the molecule is Cc1ccsc1CNCCS(=O)(=O)CCC(C)C. The molecule has 18 heavy (non-hydrogen) atoms. The molecular weight excluding hydrogens is 266 g/mol. The van der Waals surface area contributed by atoms with Crippen LogP contribution in [0, 0.1) is 12.8 Å². The summed E-state index contributed by atoms with van der Waals surface area (Å²) >= 11 is 1.71. The van der Waals surface area contributed by atoms with Crippen molar-refractivity contribution >= 4 is 21.2 Å². The van der Waals surface area contributed by atoms with Crippen LogP contribution in [-0.4, -0.2) is 26.5 Å². The smallest absolute Gasteiger partial charge is 0.151 e. The zero-order valence-electron chi connectivity index (χ0n) is 11.4. The first-order chi connectivity index (χ1) is 8.41. The highest BCUT2D eigenvalue weighted by Gasteiger charge is 2.11. The summed E-state index contributed by atoms with van der Waals surface area (Å²) in [7, 11) is -2.89. The van der Waals surface area contributed by atoms with Crippen LogP contribution in [0.1, 0.15) is 30.7 Å². The van der Waals surface area contributed by atoms with Crippen LogP contribution < -0.4 is 5.32 Å². The lowest BCUT2D eigenvalue weighted by atomic mass is 10.2. The van der Waals surface area contributed by atoms with Gasteiger partial charge in [0.1, 0.15) is 0 Å². The van der Waals surface area contributed by atoms with Crippen molar-refractivity contribution in [3.63, 3.8) is 0 Å². The van der Waals surface area contributed by atoms with E-state index < -0.39 is 9.84 Å². The van der Waals surface area contributed by atoms with Crippen LogP contribution in [0.3, 0.4) is 0 Å². The monoisotopic (exact) mass is 289 g/mol. The maximum atomic E-state index is 11.7. The van der Waals surface area contributed by atoms with Crippen LogP contribution in [0.15, 0.2) is 11.4 Å². The van der Waals surface area contributed by atoms with Crippen LogP contribution in [0.4, 0.5) is 0 Å². The van der Waals surface area contributed by atoms with Gasteiger partial charge < -0.3 is 5.32 Å². The van der Waals surface area contributed by atoms with Gasteiger partial charge in [-0.1, -0.05) is 13.8 Å². The number of rotatable bonds is 8. The number of aryl methyl sites for hydroxylation is 1. The Hall–Kier alpha value is -0.390. The molecule has 0 amide bonds. The second-order valence-corrected chi connectivity index (χ2v) is 8.34. The molecule has 104 valence electrons. The highest BCUT2D eigenvalue weighted by atomic mass is 32.2. The van der Waals surface area contributed by atoms with Crippen LogP contribution >= 0.6 is 11.3 Å². The first-order valence-electron chi connectivity index (χ1n) is 6.35. The molecule has 0 bridgehead atoms. The van der Waals surface area contributed by atoms with Crippen LogP contribution in [0.25, 0.3) is 0 Å². The average molecular weight is 289 g/mol. The Morgan fingerprint density at radius 1 is 1.33 bits per heavy atom. The lowest BCUT2D eigenvalue weighted by Gasteiger charge is -2.07. The van der Waals surface area contributed by atoms with Gasteiger partial charge in [0.25, 0.3) is 0 Å². The first kappa shape index (κ1) is 15.7. The van der Waals surface area contributed by atoms with E-state index >= 15 is 0 Å². The van der Waals surface area contributed by atoms with Crippen molar-refractivity contribution in [2.75, 3.05) is 18.1 Å². The van der Waals surface area contributed by atoms with Gasteiger partial charge in [-0.25, -0.2) is 8.42 Å². The van der Waals surface area contributed by atoms with Crippen molar-refractivity contribution in [3.8, 4) is 0 Å². The van der Waals surface area contributed by atoms with E-state index in [1.165, 1.54) is 10.4 Å². The third-order valence-electron chi connectivity index (χ3n) is 2.85. The van der Waals surface area contributed by atoms with Gasteiger partial charge in [-0.15, -0.1) is 11.3 Å². The average Bonchev–Trinajstić information content (AvgIpc) is 2.68. The number of thiophene rings is 1. The highest BCUT2D eigenvalue weighted by Crippen LogP contribution is 2.14. The zero-order chi connectivity index (χ0) is 13.6. The molecule has 1 rings (SSSR count). The number of nitrogens with one attached hydrogen (secondary N) is 1. The van der Waals surface area contributed by atoms with Crippen LogP contribution in [0.2, 0.25) is 0 Å². The molecule has 0 spiro atoms. The van der Waals surface area contributed by atoms with Crippen molar-refractivity contribution in [1.29, 1.82) is 0 Å². The molecule has 0 aliphatic rings. The Morgan fingerprint density at radius 3 is 2.61 bits per heavy atom. The van der Waals surface area contributed by atoms with Gasteiger partial charge >= 0.3 is 0 Å². The number of hydrogen-bond donors (Lipinski definition) is 1. The quantitative estimate of drug-likeness (QED) is 0.748. The predicted octanol–water partition coefficient (Wildman–Crippen LogP) is 2.61. The molecule has 5 heteroatoms. The molecular formula is C13H23NO2S2. The van der Waals surface area contributed by atoms with E-state index in [-0.39, 0.29) is 5.75 Å². The lowest BCUT2D eigenvalue weighted by Crippen LogP contribution is -2.24. The van der Waals surface area contributed by atoms with Crippen molar-refractivity contribution in [2.24, 2.45) is 5.92 Å². The molecule has 0 unspecified atom stereocenters. The van der Waals surface area contributed by atoms with Crippen LogP contribution in [-0.2, 0) is 16.4 Å². The summed E-state index contributed by atoms with van der Waals surface area (Å²) in [6.07, 6.45) is 0.756. The second-order valence-electron chi connectivity index (χ2n) is 5.04. The Labute approximate surface area is 115 Å². The third kappa shape index (κ3) is 5.98. The van der Waals surface area contributed by atoms with E-state index in [0.29, 0.717) is 18.2 Å². The fourth-order valence-electron chi connectivity index (χ4n) is 1.53. The number of hydrogen-bond acceptors (Lipinski definition) is 4. The van der Waals surface area contributed by atoms with Crippen molar-refractivity contribution in [2.45, 2.75) is 33.7 Å². The van der Waals surface area contributed by atoms with Crippen molar-refractivity contribution in [3.05, 3.63) is 21.9 Å². The first-order valence-corrected chi connectivity index (χ1v) is 9.05. The van der Waals surface area contributed by atoms with E-state index in [2.05, 4.69) is 23.7 Å². The zero-order valence-corrected chi connectivity index (χ0v) is 13.0. The molecule has 3 nitrogen and oxygen atoms in total. The molecule has 0 atom stereocenters. The van der Waals surface area contributed by atoms with E-state index in [9.17, 15) is 8.42 Å². The van der Waals surface area contributed by atoms with E-state index in [1.807, 2.05) is 13.8 Å². The van der Waals surface area contributed by atoms with Crippen molar-refractivity contribution < 1.29 is 8.42 Å². The molecule has 1 aromatic heterocycles. The molecule has 0 fully saturated rings. The molecule has 1 N–H and O–H groups in total. The molecule has 1 aromatic rings. The molecule has 0 saturated heterocycles. The summed E-state index contributed by atoms with van der Waals surface area (Å²) in [4.78, 5) is 1.29. The molecule has 0 saturated carbocycles. The van der Waals surface area contributed by atoms with Gasteiger partial charge in [0.2, 0.25) is 0 Å². The van der Waals surface area contributed by atoms with Gasteiger partial charge in [0.15, 0.2) is 9.84 Å². The van der Waals surface area contributed by atoms with Gasteiger partial charge in [-0.05, 0) is 36.3 Å². The minimum absolute atomic E-state index is 0.240. The Kier molecular flexibility index (Phi) is 6.32. The summed E-state index contributed by atoms with van der Waals surface area (Å²) in [6.45, 7) is 7.48. The van der Waals surface area contributed by atoms with E-state index in [1.54, 1.807) is 11.3 Å². The summed E-state index contributed by atoms with van der Waals surface area (Å²) in [5.41, 5.74) is 1.27. The Balaban J connectivity index is 2.23. The summed E-state index contributed by atoms with van der Waals surface area (Å²) in [6, 6.07) is 2.08. The highest BCUT2D eigenvalue weighted by molar-refractivity contribution is 7.91. The summed E-state index contributed by atoms with van der Waals surface area (Å²) in [5.74, 6) is 0.996. The minimum atomic E-state index is -2.89. The van der Waals surface area contributed by atoms with Gasteiger partial charge in [0.05, 0.1) is 11.5 Å². The molecule has 0 aliphatic carbocycles. The van der Waals surface area contributed by atoms with Gasteiger partial charge in [-0.3, -0.25) is 0 Å². The Morgan fingerprint density at radius 2 is 2.06 bits per heavy atom. The van der Waals surface area contributed by atoms with E-state index in [0.717, 1.165) is 13.0 Å². The van der Waals surface area contributed by atoms with Gasteiger partial charge in [-0.2, -0.15) is 0 Å². The predicted molar refractivity (Wildman–Crippen MR) is 78.9 cm³/mol. The molecule has 0 aromatic carbocycles. The largest absolute Gasteiger partial charge is 0.311 e. The standard InChI is InChI=1S/C13H23NO2S2/c1-11(2)5-8-18(15,16)9-6-14-10-13-12(3)4-7-17-13/h4,7,11,14H,5-6,8-10H2,1-3H3. The van der Waals surface area contributed by atoms with Crippen LogP contribution in [0.5, 0.6) is 0 Å². The normalized spacial score (nSPS) is 12.2.